The first-order valence-corrected chi connectivity index (χ1v) is 13.1. The highest BCUT2D eigenvalue weighted by molar-refractivity contribution is 6.03. The van der Waals surface area contributed by atoms with Crippen molar-refractivity contribution in [3.8, 4) is 11.5 Å². The van der Waals surface area contributed by atoms with Crippen molar-refractivity contribution in [2.45, 2.75) is 25.7 Å². The number of carbonyl (C=O) groups excluding carboxylic acids is 2. The number of aryl methyl sites for hydroxylation is 1. The predicted molar refractivity (Wildman–Crippen MR) is 154 cm³/mol. The van der Waals surface area contributed by atoms with E-state index < -0.39 is 6.03 Å². The normalized spacial score (nSPS) is 14.4. The van der Waals surface area contributed by atoms with Gasteiger partial charge in [-0.2, -0.15) is 0 Å². The van der Waals surface area contributed by atoms with Crippen molar-refractivity contribution in [2.24, 2.45) is 5.73 Å². The third-order valence-corrected chi connectivity index (χ3v) is 7.33. The Labute approximate surface area is 228 Å². The summed E-state index contributed by atoms with van der Waals surface area (Å²) >= 11 is 0. The van der Waals surface area contributed by atoms with Gasteiger partial charge in [0, 0.05) is 43.0 Å². The van der Waals surface area contributed by atoms with Crippen LogP contribution in [0.5, 0.6) is 11.5 Å². The Morgan fingerprint density at radius 1 is 1.05 bits per heavy atom. The van der Waals surface area contributed by atoms with Gasteiger partial charge in [-0.25, -0.2) is 9.78 Å². The molecule has 3 N–H and O–H groups in total. The van der Waals surface area contributed by atoms with Crippen molar-refractivity contribution in [1.82, 2.24) is 14.5 Å². The van der Waals surface area contributed by atoms with Crippen molar-refractivity contribution in [3.63, 3.8) is 0 Å². The largest absolute Gasteiger partial charge is 0.455 e. The van der Waals surface area contributed by atoms with Crippen molar-refractivity contribution in [3.05, 3.63) is 77.6 Å². The van der Waals surface area contributed by atoms with Gasteiger partial charge in [0.25, 0.3) is 5.91 Å². The van der Waals surface area contributed by atoms with Crippen LogP contribution in [0.3, 0.4) is 0 Å². The number of nitrogens with zero attached hydrogens (tertiary/aromatic N) is 4. The summed E-state index contributed by atoms with van der Waals surface area (Å²) in [4.78, 5) is 33.5. The Balaban J connectivity index is 1.33. The Bertz CT molecular complexity index is 1520. The number of hydrogen-bond donors (Lipinski definition) is 2. The van der Waals surface area contributed by atoms with Crippen molar-refractivity contribution in [2.75, 3.05) is 44.4 Å². The summed E-state index contributed by atoms with van der Waals surface area (Å²) in [5.74, 6) is 1.82. The van der Waals surface area contributed by atoms with E-state index >= 15 is 0 Å². The molecule has 0 radical (unpaired) electrons. The number of hydrogen-bond acceptors (Lipinski definition) is 6. The van der Waals surface area contributed by atoms with E-state index in [1.807, 2.05) is 56.3 Å². The molecule has 1 aliphatic heterocycles. The summed E-state index contributed by atoms with van der Waals surface area (Å²) in [7, 11) is 5.95. The molecular weight excluding hydrogens is 492 g/mol. The van der Waals surface area contributed by atoms with Gasteiger partial charge in [-0.05, 0) is 87.8 Å². The first kappa shape index (κ1) is 26.2. The lowest BCUT2D eigenvalue weighted by Gasteiger charge is -2.29. The standard InChI is InChI=1S/C30H34N6O3/c1-19-15-23-16-27(26(34(2)3)18-25(23)36(19)30(31)38)39-24-9-12-32-28(17-24)33-29(37)22-7-5-20(6-8-22)21-10-13-35(4)14-11-21/h5-9,12,15-18,21H,10-11,13-14H2,1-4H3,(H2,31,38)(H,32,33,37). The number of amides is 2. The van der Waals surface area contributed by atoms with Crippen LogP contribution in [0.25, 0.3) is 10.9 Å². The summed E-state index contributed by atoms with van der Waals surface area (Å²) in [5, 5.41) is 3.71. The van der Waals surface area contributed by atoms with Crippen molar-refractivity contribution < 1.29 is 14.3 Å². The SMILES string of the molecule is Cc1cc2cc(Oc3ccnc(NC(=O)c4ccc(C5CCN(C)CC5)cc4)c3)c(N(C)C)cc2n1C(N)=O. The molecule has 2 aromatic carbocycles. The predicted octanol–water partition coefficient (Wildman–Crippen LogP) is 5.19. The molecule has 1 fully saturated rings. The average Bonchev–Trinajstić information content (AvgIpc) is 3.23. The molecule has 9 nitrogen and oxygen atoms in total. The Morgan fingerprint density at radius 2 is 1.77 bits per heavy atom. The molecule has 0 aliphatic carbocycles. The molecule has 1 saturated heterocycles. The van der Waals surface area contributed by atoms with Crippen LogP contribution in [-0.2, 0) is 0 Å². The van der Waals surface area contributed by atoms with E-state index in [0.717, 1.165) is 42.7 Å². The zero-order valence-electron chi connectivity index (χ0n) is 22.8. The molecule has 9 heteroatoms. The van der Waals surface area contributed by atoms with Gasteiger partial charge in [0.15, 0.2) is 5.75 Å². The van der Waals surface area contributed by atoms with E-state index in [0.29, 0.717) is 34.3 Å². The lowest BCUT2D eigenvalue weighted by atomic mass is 9.89. The summed E-state index contributed by atoms with van der Waals surface area (Å²) in [6.07, 6.45) is 3.87. The second-order valence-corrected chi connectivity index (χ2v) is 10.4. The van der Waals surface area contributed by atoms with E-state index in [1.54, 1.807) is 18.3 Å². The molecule has 0 bridgehead atoms. The van der Waals surface area contributed by atoms with Gasteiger partial charge in [-0.3, -0.25) is 9.36 Å². The number of primary amides is 1. The van der Waals surface area contributed by atoms with Gasteiger partial charge in [0.1, 0.15) is 11.6 Å². The number of benzene rings is 2. The molecule has 3 heterocycles. The number of fused-ring (bicyclic) bond motifs is 1. The minimum atomic E-state index is -0.535. The third-order valence-electron chi connectivity index (χ3n) is 7.33. The van der Waals surface area contributed by atoms with Gasteiger partial charge in [-0.15, -0.1) is 0 Å². The van der Waals surface area contributed by atoms with Gasteiger partial charge < -0.3 is 25.6 Å². The number of pyridine rings is 1. The molecule has 0 spiro atoms. The summed E-state index contributed by atoms with van der Waals surface area (Å²) in [5.41, 5.74) is 9.68. The van der Waals surface area contributed by atoms with E-state index in [9.17, 15) is 9.59 Å². The quantitative estimate of drug-likeness (QED) is 0.358. The molecule has 4 aromatic rings. The molecule has 5 rings (SSSR count). The number of carbonyl (C=O) groups is 2. The fourth-order valence-corrected chi connectivity index (χ4v) is 5.19. The molecule has 2 aromatic heterocycles. The lowest BCUT2D eigenvalue weighted by molar-refractivity contribution is 0.102. The highest BCUT2D eigenvalue weighted by Crippen LogP contribution is 2.37. The van der Waals surface area contributed by atoms with Crippen LogP contribution in [0.15, 0.2) is 60.8 Å². The number of ether oxygens (including phenoxy) is 1. The molecule has 0 unspecified atom stereocenters. The zero-order valence-corrected chi connectivity index (χ0v) is 22.8. The van der Waals surface area contributed by atoms with E-state index in [2.05, 4.69) is 34.4 Å². The summed E-state index contributed by atoms with van der Waals surface area (Å²) in [6, 6.07) is 16.4. The minimum absolute atomic E-state index is 0.228. The van der Waals surface area contributed by atoms with Gasteiger partial charge in [0.2, 0.25) is 0 Å². The second-order valence-electron chi connectivity index (χ2n) is 10.4. The van der Waals surface area contributed by atoms with E-state index in [-0.39, 0.29) is 5.91 Å². The maximum Gasteiger partial charge on any atom is 0.323 e. The van der Waals surface area contributed by atoms with Gasteiger partial charge in [0.05, 0.1) is 11.2 Å². The molecule has 39 heavy (non-hydrogen) atoms. The number of rotatable bonds is 6. The number of aromatic nitrogens is 2. The fraction of sp³-hybridized carbons (Fsp3) is 0.300. The molecule has 0 saturated carbocycles. The molecule has 0 atom stereocenters. The second kappa shape index (κ2) is 10.8. The van der Waals surface area contributed by atoms with Crippen LogP contribution in [0.1, 0.15) is 40.4 Å². The number of likely N-dealkylation sites (tertiary alicyclic amines) is 1. The van der Waals surface area contributed by atoms with Crippen LogP contribution >= 0.6 is 0 Å². The zero-order chi connectivity index (χ0) is 27.7. The number of nitrogens with two attached hydrogens (primary N) is 1. The maximum atomic E-state index is 12.9. The number of anilines is 2. The Kier molecular flexibility index (Phi) is 7.26. The van der Waals surface area contributed by atoms with Crippen LogP contribution in [0.4, 0.5) is 16.3 Å². The first-order chi connectivity index (χ1) is 18.7. The van der Waals surface area contributed by atoms with Crippen LogP contribution < -0.4 is 20.7 Å². The average molecular weight is 527 g/mol. The van der Waals surface area contributed by atoms with Crippen LogP contribution in [0.2, 0.25) is 0 Å². The van der Waals surface area contributed by atoms with Crippen LogP contribution in [-0.4, -0.2) is 60.6 Å². The van der Waals surface area contributed by atoms with E-state index in [4.69, 9.17) is 10.5 Å². The van der Waals surface area contributed by atoms with Crippen molar-refractivity contribution >= 4 is 34.3 Å². The van der Waals surface area contributed by atoms with Gasteiger partial charge >= 0.3 is 6.03 Å². The molecular formula is C30H34N6O3. The molecule has 2 amide bonds. The summed E-state index contributed by atoms with van der Waals surface area (Å²) in [6.45, 7) is 4.03. The minimum Gasteiger partial charge on any atom is -0.455 e. The molecule has 202 valence electrons. The van der Waals surface area contributed by atoms with Gasteiger partial charge in [-0.1, -0.05) is 12.1 Å². The smallest absolute Gasteiger partial charge is 0.323 e. The van der Waals surface area contributed by atoms with Crippen LogP contribution in [0, 0.1) is 6.92 Å². The summed E-state index contributed by atoms with van der Waals surface area (Å²) < 4.78 is 7.72. The van der Waals surface area contributed by atoms with Crippen molar-refractivity contribution in [1.29, 1.82) is 0 Å². The monoisotopic (exact) mass is 526 g/mol. The lowest BCUT2D eigenvalue weighted by Crippen LogP contribution is -2.29. The highest BCUT2D eigenvalue weighted by Gasteiger charge is 2.19. The Morgan fingerprint density at radius 3 is 2.44 bits per heavy atom. The fourth-order valence-electron chi connectivity index (χ4n) is 5.19. The topological polar surface area (TPSA) is 106 Å². The Hall–Kier alpha value is -4.37. The third kappa shape index (κ3) is 5.58. The highest BCUT2D eigenvalue weighted by atomic mass is 16.5. The van der Waals surface area contributed by atoms with E-state index in [1.165, 1.54) is 10.1 Å². The number of piperidine rings is 1. The maximum absolute atomic E-state index is 12.9. The first-order valence-electron chi connectivity index (χ1n) is 13.1. The number of nitrogens with one attached hydrogen (secondary N) is 1. The molecule has 1 aliphatic rings.